The summed E-state index contributed by atoms with van der Waals surface area (Å²) >= 11 is 1.46. The molecule has 2 aromatic rings. The lowest BCUT2D eigenvalue weighted by Crippen LogP contribution is -2.45. The number of hydrogen-bond donors (Lipinski definition) is 0. The van der Waals surface area contributed by atoms with E-state index in [1.165, 1.54) is 18.2 Å². The van der Waals surface area contributed by atoms with Gasteiger partial charge < -0.3 is 13.9 Å². The molecule has 24 heavy (non-hydrogen) atoms. The third-order valence-corrected chi connectivity index (χ3v) is 5.38. The summed E-state index contributed by atoms with van der Waals surface area (Å²) in [7, 11) is 0. The minimum atomic E-state index is -0.179. The summed E-state index contributed by atoms with van der Waals surface area (Å²) in [6.45, 7) is 8.66. The van der Waals surface area contributed by atoms with E-state index in [0.29, 0.717) is 18.4 Å². The molecule has 0 unspecified atom stereocenters. The molecule has 2 aromatic heterocycles. The number of nitrogens with zero attached hydrogens (tertiary/aromatic N) is 4. The zero-order valence-electron chi connectivity index (χ0n) is 14.4. The van der Waals surface area contributed by atoms with Gasteiger partial charge >= 0.3 is 0 Å². The standard InChI is InChI=1S/C17H24N4O2S/c1-12-7-13(2)9-20(8-12)16(22)14(3)24-17-19-18-11-21(17)10-15-5-4-6-23-15/h4-6,11-14H,7-10H2,1-3H3/t12-,13+,14-/m0/s1. The maximum atomic E-state index is 12.8. The monoisotopic (exact) mass is 348 g/mol. The number of aromatic nitrogens is 3. The fraction of sp³-hybridized carbons (Fsp3) is 0.588. The zero-order chi connectivity index (χ0) is 17.1. The van der Waals surface area contributed by atoms with Crippen molar-refractivity contribution >= 4 is 17.7 Å². The summed E-state index contributed by atoms with van der Waals surface area (Å²) in [6, 6.07) is 3.77. The average Bonchev–Trinajstić information content (AvgIpc) is 3.18. The minimum Gasteiger partial charge on any atom is -0.467 e. The van der Waals surface area contributed by atoms with Gasteiger partial charge in [-0.25, -0.2) is 0 Å². The van der Waals surface area contributed by atoms with Crippen LogP contribution < -0.4 is 0 Å². The van der Waals surface area contributed by atoms with Gasteiger partial charge in [0, 0.05) is 13.1 Å². The van der Waals surface area contributed by atoms with Gasteiger partial charge in [-0.15, -0.1) is 10.2 Å². The normalized spacial score (nSPS) is 22.5. The molecule has 0 aliphatic carbocycles. The van der Waals surface area contributed by atoms with Crippen LogP contribution in [0.4, 0.5) is 0 Å². The van der Waals surface area contributed by atoms with Crippen LogP contribution in [-0.4, -0.2) is 43.9 Å². The first-order chi connectivity index (χ1) is 11.5. The first-order valence-corrected chi connectivity index (χ1v) is 9.26. The molecule has 3 rings (SSSR count). The summed E-state index contributed by atoms with van der Waals surface area (Å²) in [5, 5.41) is 8.70. The van der Waals surface area contributed by atoms with Crippen LogP contribution in [0.1, 0.15) is 33.0 Å². The number of rotatable bonds is 5. The summed E-state index contributed by atoms with van der Waals surface area (Å²) < 4.78 is 7.28. The first-order valence-electron chi connectivity index (χ1n) is 8.38. The Bertz CT molecular complexity index is 660. The summed E-state index contributed by atoms with van der Waals surface area (Å²) in [4.78, 5) is 14.8. The van der Waals surface area contributed by atoms with E-state index in [0.717, 1.165) is 24.0 Å². The number of furan rings is 1. The van der Waals surface area contributed by atoms with Crippen molar-refractivity contribution in [1.82, 2.24) is 19.7 Å². The van der Waals surface area contributed by atoms with Crippen molar-refractivity contribution in [1.29, 1.82) is 0 Å². The van der Waals surface area contributed by atoms with Crippen LogP contribution in [0.2, 0.25) is 0 Å². The van der Waals surface area contributed by atoms with Gasteiger partial charge in [0.15, 0.2) is 5.16 Å². The van der Waals surface area contributed by atoms with Gasteiger partial charge in [0.2, 0.25) is 5.91 Å². The van der Waals surface area contributed by atoms with Crippen LogP contribution in [0.25, 0.3) is 0 Å². The van der Waals surface area contributed by atoms with E-state index in [2.05, 4.69) is 24.0 Å². The van der Waals surface area contributed by atoms with E-state index in [-0.39, 0.29) is 11.2 Å². The lowest BCUT2D eigenvalue weighted by molar-refractivity contribution is -0.132. The fourth-order valence-corrected chi connectivity index (χ4v) is 4.23. The van der Waals surface area contributed by atoms with Crippen LogP contribution in [0.5, 0.6) is 0 Å². The van der Waals surface area contributed by atoms with Gasteiger partial charge in [-0.2, -0.15) is 0 Å². The Balaban J connectivity index is 1.63. The van der Waals surface area contributed by atoms with Gasteiger partial charge in [-0.05, 0) is 37.3 Å². The Morgan fingerprint density at radius 2 is 2.17 bits per heavy atom. The van der Waals surface area contributed by atoms with Crippen molar-refractivity contribution in [2.24, 2.45) is 11.8 Å². The van der Waals surface area contributed by atoms with Crippen LogP contribution >= 0.6 is 11.8 Å². The molecule has 130 valence electrons. The Hall–Kier alpha value is -1.76. The first kappa shape index (κ1) is 17.1. The Morgan fingerprint density at radius 3 is 2.83 bits per heavy atom. The maximum Gasteiger partial charge on any atom is 0.235 e. The van der Waals surface area contributed by atoms with E-state index in [1.807, 2.05) is 28.5 Å². The molecule has 1 aliphatic heterocycles. The van der Waals surface area contributed by atoms with Crippen LogP contribution in [0.15, 0.2) is 34.3 Å². The van der Waals surface area contributed by atoms with Crippen molar-refractivity contribution in [2.75, 3.05) is 13.1 Å². The molecular weight excluding hydrogens is 324 g/mol. The number of carbonyl (C=O) groups excluding carboxylic acids is 1. The van der Waals surface area contributed by atoms with E-state index in [4.69, 9.17) is 4.42 Å². The molecule has 1 saturated heterocycles. The Kier molecular flexibility index (Phi) is 5.28. The zero-order valence-corrected chi connectivity index (χ0v) is 15.2. The number of amides is 1. The summed E-state index contributed by atoms with van der Waals surface area (Å²) in [5.74, 6) is 2.16. The highest BCUT2D eigenvalue weighted by molar-refractivity contribution is 8.00. The predicted molar refractivity (Wildman–Crippen MR) is 92.7 cm³/mol. The van der Waals surface area contributed by atoms with E-state index in [9.17, 15) is 4.79 Å². The lowest BCUT2D eigenvalue weighted by Gasteiger charge is -2.36. The highest BCUT2D eigenvalue weighted by Crippen LogP contribution is 2.27. The van der Waals surface area contributed by atoms with Crippen molar-refractivity contribution in [2.45, 2.75) is 44.1 Å². The third kappa shape index (κ3) is 4.01. The third-order valence-electron chi connectivity index (χ3n) is 4.30. The SMILES string of the molecule is C[C@@H]1C[C@H](C)CN(C(=O)[C@H](C)Sc2nncn2Cc2ccco2)C1. The molecule has 3 heterocycles. The summed E-state index contributed by atoms with van der Waals surface area (Å²) in [5.41, 5.74) is 0. The molecule has 0 N–H and O–H groups in total. The quantitative estimate of drug-likeness (QED) is 0.778. The molecule has 1 aliphatic rings. The van der Waals surface area contributed by atoms with E-state index < -0.39 is 0 Å². The van der Waals surface area contributed by atoms with Gasteiger partial charge in [-0.3, -0.25) is 4.79 Å². The van der Waals surface area contributed by atoms with Gasteiger partial charge in [0.1, 0.15) is 12.1 Å². The average molecular weight is 348 g/mol. The topological polar surface area (TPSA) is 64.2 Å². The number of carbonyl (C=O) groups is 1. The molecule has 0 radical (unpaired) electrons. The largest absolute Gasteiger partial charge is 0.467 e. The van der Waals surface area contributed by atoms with Crippen molar-refractivity contribution in [3.05, 3.63) is 30.5 Å². The highest BCUT2D eigenvalue weighted by Gasteiger charge is 2.29. The van der Waals surface area contributed by atoms with Gasteiger partial charge in [0.25, 0.3) is 0 Å². The lowest BCUT2D eigenvalue weighted by atomic mass is 9.92. The second kappa shape index (κ2) is 7.42. The molecule has 0 bridgehead atoms. The second-order valence-corrected chi connectivity index (χ2v) is 8.08. The minimum absolute atomic E-state index is 0.179. The molecule has 1 fully saturated rings. The number of thioether (sulfide) groups is 1. The Morgan fingerprint density at radius 1 is 1.42 bits per heavy atom. The fourth-order valence-electron chi connectivity index (χ4n) is 3.32. The van der Waals surface area contributed by atoms with Gasteiger partial charge in [0.05, 0.1) is 18.1 Å². The number of hydrogen-bond acceptors (Lipinski definition) is 5. The van der Waals surface area contributed by atoms with Crippen LogP contribution in [-0.2, 0) is 11.3 Å². The summed E-state index contributed by atoms with van der Waals surface area (Å²) in [6.07, 6.45) is 4.52. The van der Waals surface area contributed by atoms with Crippen molar-refractivity contribution in [3.63, 3.8) is 0 Å². The van der Waals surface area contributed by atoms with Gasteiger partial charge in [-0.1, -0.05) is 25.6 Å². The molecule has 0 spiro atoms. The van der Waals surface area contributed by atoms with E-state index >= 15 is 0 Å². The number of piperidine rings is 1. The molecule has 0 saturated carbocycles. The second-order valence-electron chi connectivity index (χ2n) is 6.77. The molecule has 7 heteroatoms. The molecule has 3 atom stereocenters. The van der Waals surface area contributed by atoms with Crippen molar-refractivity contribution < 1.29 is 9.21 Å². The maximum absolute atomic E-state index is 12.8. The van der Waals surface area contributed by atoms with Crippen molar-refractivity contribution in [3.8, 4) is 0 Å². The molecule has 0 aromatic carbocycles. The molecular formula is C17H24N4O2S. The van der Waals surface area contributed by atoms with E-state index in [1.54, 1.807) is 12.6 Å². The molecule has 6 nitrogen and oxygen atoms in total. The highest BCUT2D eigenvalue weighted by atomic mass is 32.2. The molecule has 1 amide bonds. The number of likely N-dealkylation sites (tertiary alicyclic amines) is 1. The van der Waals surface area contributed by atoms with Crippen LogP contribution in [0.3, 0.4) is 0 Å². The smallest absolute Gasteiger partial charge is 0.235 e. The predicted octanol–water partition coefficient (Wildman–Crippen LogP) is 2.90. The Labute approximate surface area is 146 Å². The van der Waals surface area contributed by atoms with Crippen LogP contribution in [0, 0.1) is 11.8 Å².